The molecule has 1 amide bonds. The van der Waals surface area contributed by atoms with Crippen molar-refractivity contribution in [3.05, 3.63) is 72.1 Å². The Morgan fingerprint density at radius 1 is 1.03 bits per heavy atom. The van der Waals surface area contributed by atoms with Crippen molar-refractivity contribution in [2.45, 2.75) is 6.54 Å². The van der Waals surface area contributed by atoms with Crippen molar-refractivity contribution in [1.29, 1.82) is 0 Å². The molecule has 0 atom stereocenters. The molecule has 2 heterocycles. The highest BCUT2D eigenvalue weighted by Gasteiger charge is 2.11. The lowest BCUT2D eigenvalue weighted by atomic mass is 10.1. The highest BCUT2D eigenvalue weighted by atomic mass is 16.5. The van der Waals surface area contributed by atoms with Crippen LogP contribution in [-0.4, -0.2) is 30.1 Å². The number of aromatic nitrogens is 2. The molecule has 2 aromatic heterocycles. The van der Waals surface area contributed by atoms with Gasteiger partial charge < -0.3 is 19.2 Å². The number of nitrogens with one attached hydrogen (secondary N) is 1. The third-order valence-corrected chi connectivity index (χ3v) is 4.49. The number of pyridine rings is 1. The van der Waals surface area contributed by atoms with Crippen LogP contribution in [0.15, 0.2) is 65.3 Å². The van der Waals surface area contributed by atoms with Gasteiger partial charge in [-0.05, 0) is 35.9 Å². The first kappa shape index (κ1) is 18.5. The molecular formula is C22H19N3O4. The zero-order valence-electron chi connectivity index (χ0n) is 16.0. The van der Waals surface area contributed by atoms with Gasteiger partial charge in [0.2, 0.25) is 5.89 Å². The van der Waals surface area contributed by atoms with Crippen LogP contribution in [0.2, 0.25) is 0 Å². The van der Waals surface area contributed by atoms with Gasteiger partial charge in [-0.1, -0.05) is 12.1 Å². The maximum absolute atomic E-state index is 12.4. The van der Waals surface area contributed by atoms with Gasteiger partial charge in [0.1, 0.15) is 5.52 Å². The van der Waals surface area contributed by atoms with Crippen LogP contribution >= 0.6 is 0 Å². The van der Waals surface area contributed by atoms with E-state index >= 15 is 0 Å². The lowest BCUT2D eigenvalue weighted by molar-refractivity contribution is 0.0950. The van der Waals surface area contributed by atoms with Gasteiger partial charge in [-0.2, -0.15) is 0 Å². The number of methoxy groups -OCH3 is 2. The fraction of sp³-hybridized carbons (Fsp3) is 0.136. The van der Waals surface area contributed by atoms with E-state index in [0.717, 1.165) is 11.1 Å². The fourth-order valence-corrected chi connectivity index (χ4v) is 2.93. The number of amides is 1. The van der Waals surface area contributed by atoms with Crippen LogP contribution in [0.25, 0.3) is 22.6 Å². The highest BCUT2D eigenvalue weighted by Crippen LogP contribution is 2.27. The van der Waals surface area contributed by atoms with Gasteiger partial charge >= 0.3 is 0 Å². The summed E-state index contributed by atoms with van der Waals surface area (Å²) < 4.78 is 16.2. The molecule has 0 aliphatic rings. The molecule has 0 aliphatic heterocycles. The SMILES string of the molecule is COc1ccc(C(=O)NCc2ccc(-c3nc4cnccc4o3)cc2)cc1OC. The summed E-state index contributed by atoms with van der Waals surface area (Å²) >= 11 is 0. The number of oxazole rings is 1. The summed E-state index contributed by atoms with van der Waals surface area (Å²) in [4.78, 5) is 20.9. The molecule has 0 spiro atoms. The summed E-state index contributed by atoms with van der Waals surface area (Å²) in [7, 11) is 3.09. The van der Waals surface area contributed by atoms with E-state index in [9.17, 15) is 4.79 Å². The minimum Gasteiger partial charge on any atom is -0.493 e. The highest BCUT2D eigenvalue weighted by molar-refractivity contribution is 5.94. The summed E-state index contributed by atoms with van der Waals surface area (Å²) in [6.07, 6.45) is 3.34. The van der Waals surface area contributed by atoms with E-state index in [-0.39, 0.29) is 5.91 Å². The van der Waals surface area contributed by atoms with Crippen molar-refractivity contribution in [2.75, 3.05) is 14.2 Å². The van der Waals surface area contributed by atoms with Crippen molar-refractivity contribution >= 4 is 17.0 Å². The molecule has 4 aromatic rings. The van der Waals surface area contributed by atoms with Gasteiger partial charge in [0, 0.05) is 29.9 Å². The van der Waals surface area contributed by atoms with Crippen molar-refractivity contribution in [3.63, 3.8) is 0 Å². The van der Waals surface area contributed by atoms with Crippen LogP contribution in [0.1, 0.15) is 15.9 Å². The molecule has 29 heavy (non-hydrogen) atoms. The number of ether oxygens (including phenoxy) is 2. The van der Waals surface area contributed by atoms with Crippen molar-refractivity contribution in [2.24, 2.45) is 0 Å². The van der Waals surface area contributed by atoms with E-state index in [2.05, 4.69) is 15.3 Å². The normalized spacial score (nSPS) is 10.7. The van der Waals surface area contributed by atoms with Crippen LogP contribution in [0.4, 0.5) is 0 Å². The van der Waals surface area contributed by atoms with Crippen LogP contribution in [0.5, 0.6) is 11.5 Å². The van der Waals surface area contributed by atoms with Crippen LogP contribution in [0, 0.1) is 0 Å². The second kappa shape index (κ2) is 8.02. The first-order chi connectivity index (χ1) is 14.2. The first-order valence-corrected chi connectivity index (χ1v) is 8.98. The number of carbonyl (C=O) groups is 1. The topological polar surface area (TPSA) is 86.5 Å². The Morgan fingerprint density at radius 2 is 1.83 bits per heavy atom. The number of nitrogens with zero attached hydrogens (tertiary/aromatic N) is 2. The molecule has 0 saturated heterocycles. The lowest BCUT2D eigenvalue weighted by Gasteiger charge is -2.10. The molecule has 0 saturated carbocycles. The molecule has 2 aromatic carbocycles. The molecule has 7 nitrogen and oxygen atoms in total. The second-order valence-corrected chi connectivity index (χ2v) is 6.31. The van der Waals surface area contributed by atoms with Crippen LogP contribution in [0.3, 0.4) is 0 Å². The van der Waals surface area contributed by atoms with E-state index in [0.29, 0.717) is 40.6 Å². The Hall–Kier alpha value is -3.87. The zero-order valence-corrected chi connectivity index (χ0v) is 16.0. The van der Waals surface area contributed by atoms with E-state index in [1.54, 1.807) is 43.8 Å². The average molecular weight is 389 g/mol. The van der Waals surface area contributed by atoms with Gasteiger partial charge in [0.25, 0.3) is 5.91 Å². The molecule has 0 unspecified atom stereocenters. The molecule has 0 fully saturated rings. The predicted molar refractivity (Wildman–Crippen MR) is 108 cm³/mol. The monoisotopic (exact) mass is 389 g/mol. The first-order valence-electron chi connectivity index (χ1n) is 8.98. The summed E-state index contributed by atoms with van der Waals surface area (Å²) in [6, 6.07) is 14.5. The fourth-order valence-electron chi connectivity index (χ4n) is 2.93. The van der Waals surface area contributed by atoms with Crippen LogP contribution < -0.4 is 14.8 Å². The number of fused-ring (bicyclic) bond motifs is 1. The molecule has 4 rings (SSSR count). The van der Waals surface area contributed by atoms with Crippen molar-refractivity contribution in [3.8, 4) is 23.0 Å². The van der Waals surface area contributed by atoms with Gasteiger partial charge in [-0.25, -0.2) is 4.98 Å². The predicted octanol–water partition coefficient (Wildman–Crippen LogP) is 3.84. The van der Waals surface area contributed by atoms with E-state index in [4.69, 9.17) is 13.9 Å². The number of hydrogen-bond donors (Lipinski definition) is 1. The van der Waals surface area contributed by atoms with E-state index < -0.39 is 0 Å². The maximum atomic E-state index is 12.4. The number of hydrogen-bond acceptors (Lipinski definition) is 6. The van der Waals surface area contributed by atoms with Crippen LogP contribution in [-0.2, 0) is 6.54 Å². The van der Waals surface area contributed by atoms with E-state index in [1.165, 1.54) is 7.11 Å². The third-order valence-electron chi connectivity index (χ3n) is 4.49. The average Bonchev–Trinajstić information content (AvgIpc) is 3.21. The summed E-state index contributed by atoms with van der Waals surface area (Å²) in [5.74, 6) is 1.43. The molecular weight excluding hydrogens is 370 g/mol. The number of rotatable bonds is 6. The maximum Gasteiger partial charge on any atom is 0.251 e. The van der Waals surface area contributed by atoms with Crippen molar-refractivity contribution in [1.82, 2.24) is 15.3 Å². The molecule has 0 bridgehead atoms. The molecule has 7 heteroatoms. The second-order valence-electron chi connectivity index (χ2n) is 6.31. The smallest absolute Gasteiger partial charge is 0.251 e. The van der Waals surface area contributed by atoms with Gasteiger partial charge in [0.05, 0.1) is 20.4 Å². The molecule has 146 valence electrons. The number of carbonyl (C=O) groups excluding carboxylic acids is 1. The number of benzene rings is 2. The minimum absolute atomic E-state index is 0.193. The molecule has 0 aliphatic carbocycles. The zero-order chi connectivity index (χ0) is 20.2. The lowest BCUT2D eigenvalue weighted by Crippen LogP contribution is -2.22. The summed E-state index contributed by atoms with van der Waals surface area (Å²) in [5.41, 5.74) is 3.73. The quantitative estimate of drug-likeness (QED) is 0.539. The minimum atomic E-state index is -0.193. The van der Waals surface area contributed by atoms with Gasteiger partial charge in [0.15, 0.2) is 17.1 Å². The molecule has 1 N–H and O–H groups in total. The summed E-state index contributed by atoms with van der Waals surface area (Å²) in [5, 5.41) is 2.90. The van der Waals surface area contributed by atoms with E-state index in [1.807, 2.05) is 24.3 Å². The van der Waals surface area contributed by atoms with Gasteiger partial charge in [-0.3, -0.25) is 9.78 Å². The van der Waals surface area contributed by atoms with Crippen molar-refractivity contribution < 1.29 is 18.7 Å². The molecule has 0 radical (unpaired) electrons. The Morgan fingerprint density at radius 3 is 2.55 bits per heavy atom. The largest absolute Gasteiger partial charge is 0.493 e. The third kappa shape index (κ3) is 3.89. The summed E-state index contributed by atoms with van der Waals surface area (Å²) in [6.45, 7) is 0.394. The Kier molecular flexibility index (Phi) is 5.11. The Bertz CT molecular complexity index is 1120. The Labute approximate surface area is 167 Å². The Balaban J connectivity index is 1.43. The standard InChI is InChI=1S/C22H19N3O4/c1-27-19-8-7-16(11-20(19)28-2)21(26)24-12-14-3-5-15(6-4-14)22-25-17-13-23-10-9-18(17)29-22/h3-11,13H,12H2,1-2H3,(H,24,26). The van der Waals surface area contributed by atoms with Gasteiger partial charge in [-0.15, -0.1) is 0 Å².